The van der Waals surface area contributed by atoms with Gasteiger partial charge in [0.1, 0.15) is 11.6 Å². The Morgan fingerprint density at radius 3 is 2.88 bits per heavy atom. The number of anilines is 3. The van der Waals surface area contributed by atoms with E-state index < -0.39 is 0 Å². The summed E-state index contributed by atoms with van der Waals surface area (Å²) in [6.45, 7) is 6.51. The minimum atomic E-state index is 0.262. The van der Waals surface area contributed by atoms with Crippen LogP contribution in [0.4, 0.5) is 17.6 Å². The molecule has 0 saturated carbocycles. The van der Waals surface area contributed by atoms with Crippen LogP contribution in [0.15, 0.2) is 6.07 Å². The van der Waals surface area contributed by atoms with Gasteiger partial charge < -0.3 is 16.0 Å². The Balaban J connectivity index is 2.24. The normalized spacial score (nSPS) is 19.1. The van der Waals surface area contributed by atoms with E-state index in [9.17, 15) is 0 Å². The molecule has 0 amide bonds. The minimum Gasteiger partial charge on any atom is -0.373 e. The molecule has 1 fully saturated rings. The van der Waals surface area contributed by atoms with Crippen molar-refractivity contribution in [1.29, 1.82) is 0 Å². The maximum absolute atomic E-state index is 5.72. The van der Waals surface area contributed by atoms with Gasteiger partial charge in [0.15, 0.2) is 0 Å². The molecule has 0 spiro atoms. The Labute approximate surface area is 106 Å². The average molecular weight is 253 g/mol. The summed E-state index contributed by atoms with van der Waals surface area (Å²) < 4.78 is 0.262. The number of rotatable bonds is 2. The first kappa shape index (κ1) is 12.3. The predicted molar refractivity (Wildman–Crippen MR) is 74.7 cm³/mol. The van der Waals surface area contributed by atoms with Gasteiger partial charge in [-0.05, 0) is 13.8 Å². The summed E-state index contributed by atoms with van der Waals surface area (Å²) in [6.07, 6.45) is 0. The molecular formula is C11H19N5S. The largest absolute Gasteiger partial charge is 0.373 e. The third kappa shape index (κ3) is 2.94. The van der Waals surface area contributed by atoms with Crippen LogP contribution in [0, 0.1) is 0 Å². The van der Waals surface area contributed by atoms with Crippen LogP contribution in [0.5, 0.6) is 0 Å². The third-order valence-corrected chi connectivity index (χ3v) is 4.03. The zero-order valence-corrected chi connectivity index (χ0v) is 11.3. The van der Waals surface area contributed by atoms with E-state index in [0.29, 0.717) is 5.95 Å². The second kappa shape index (κ2) is 4.60. The Kier molecular flexibility index (Phi) is 3.33. The lowest BCUT2D eigenvalue weighted by Crippen LogP contribution is -2.43. The minimum absolute atomic E-state index is 0.262. The molecule has 0 aromatic carbocycles. The summed E-state index contributed by atoms with van der Waals surface area (Å²) in [7, 11) is 1.83. The summed E-state index contributed by atoms with van der Waals surface area (Å²) in [5.74, 6) is 3.12. The molecule has 0 unspecified atom stereocenters. The molecule has 0 aliphatic carbocycles. The van der Waals surface area contributed by atoms with Gasteiger partial charge in [0.2, 0.25) is 5.95 Å². The molecule has 1 saturated heterocycles. The molecular weight excluding hydrogens is 234 g/mol. The lowest BCUT2D eigenvalue weighted by molar-refractivity contribution is 0.642. The highest BCUT2D eigenvalue weighted by atomic mass is 32.2. The Bertz CT molecular complexity index is 407. The van der Waals surface area contributed by atoms with Crippen molar-refractivity contribution >= 4 is 29.3 Å². The fraction of sp³-hybridized carbons (Fsp3) is 0.636. The second-order valence-corrected chi connectivity index (χ2v) is 6.55. The van der Waals surface area contributed by atoms with Gasteiger partial charge in [-0.15, -0.1) is 0 Å². The monoisotopic (exact) mass is 253 g/mol. The van der Waals surface area contributed by atoms with Crippen LogP contribution in [-0.4, -0.2) is 40.6 Å². The van der Waals surface area contributed by atoms with Crippen molar-refractivity contribution in [2.45, 2.75) is 18.6 Å². The number of nitrogens with one attached hydrogen (secondary N) is 1. The van der Waals surface area contributed by atoms with Gasteiger partial charge in [0, 0.05) is 36.7 Å². The smallest absolute Gasteiger partial charge is 0.223 e. The number of aromatic nitrogens is 2. The van der Waals surface area contributed by atoms with Gasteiger partial charge in [0.25, 0.3) is 0 Å². The number of hydrogen-bond donors (Lipinski definition) is 2. The molecule has 6 heteroatoms. The molecule has 3 N–H and O–H groups in total. The van der Waals surface area contributed by atoms with Crippen LogP contribution in [0.1, 0.15) is 13.8 Å². The highest BCUT2D eigenvalue weighted by molar-refractivity contribution is 8.00. The maximum atomic E-state index is 5.72. The van der Waals surface area contributed by atoms with Gasteiger partial charge >= 0.3 is 0 Å². The number of hydrogen-bond acceptors (Lipinski definition) is 6. The molecule has 0 bridgehead atoms. The van der Waals surface area contributed by atoms with E-state index >= 15 is 0 Å². The van der Waals surface area contributed by atoms with Gasteiger partial charge in [-0.25, -0.2) is 0 Å². The van der Waals surface area contributed by atoms with E-state index in [1.807, 2.05) is 24.9 Å². The molecule has 17 heavy (non-hydrogen) atoms. The molecule has 94 valence electrons. The molecule has 0 radical (unpaired) electrons. The molecule has 5 nitrogen and oxygen atoms in total. The highest BCUT2D eigenvalue weighted by Gasteiger charge is 2.28. The van der Waals surface area contributed by atoms with Crippen molar-refractivity contribution in [3.05, 3.63) is 6.07 Å². The van der Waals surface area contributed by atoms with E-state index in [1.54, 1.807) is 0 Å². The van der Waals surface area contributed by atoms with E-state index in [-0.39, 0.29) is 4.75 Å². The van der Waals surface area contributed by atoms with Crippen molar-refractivity contribution in [2.75, 3.05) is 41.8 Å². The topological polar surface area (TPSA) is 67.1 Å². The standard InChI is InChI=1S/C11H19N5S/c1-11(2)7-16(4-5-17-11)9-6-8(13-3)14-10(12)15-9/h6H,4-5,7H2,1-3H3,(H3,12,13,14,15). The first-order valence-corrected chi connectivity index (χ1v) is 6.70. The van der Waals surface area contributed by atoms with Crippen LogP contribution in [0.25, 0.3) is 0 Å². The molecule has 1 aromatic rings. The van der Waals surface area contributed by atoms with Crippen LogP contribution < -0.4 is 16.0 Å². The van der Waals surface area contributed by atoms with E-state index in [2.05, 4.69) is 34.0 Å². The Hall–Kier alpha value is -1.17. The van der Waals surface area contributed by atoms with Crippen molar-refractivity contribution < 1.29 is 0 Å². The van der Waals surface area contributed by atoms with Gasteiger partial charge in [-0.2, -0.15) is 21.7 Å². The summed E-state index contributed by atoms with van der Waals surface area (Å²) in [4.78, 5) is 10.7. The fourth-order valence-corrected chi connectivity index (χ4v) is 3.07. The number of thioether (sulfide) groups is 1. The zero-order chi connectivity index (χ0) is 12.5. The number of nitrogens with two attached hydrogens (primary N) is 1. The predicted octanol–water partition coefficient (Wildman–Crippen LogP) is 1.43. The highest BCUT2D eigenvalue weighted by Crippen LogP contribution is 2.32. The molecule has 0 atom stereocenters. The number of nitrogens with zero attached hydrogens (tertiary/aromatic N) is 3. The van der Waals surface area contributed by atoms with Gasteiger partial charge in [-0.3, -0.25) is 0 Å². The summed E-state index contributed by atoms with van der Waals surface area (Å²) in [5, 5.41) is 3.01. The van der Waals surface area contributed by atoms with Crippen molar-refractivity contribution in [3.63, 3.8) is 0 Å². The maximum Gasteiger partial charge on any atom is 0.223 e. The number of nitrogen functional groups attached to an aromatic ring is 1. The van der Waals surface area contributed by atoms with Crippen molar-refractivity contribution in [3.8, 4) is 0 Å². The summed E-state index contributed by atoms with van der Waals surface area (Å²) in [6, 6.07) is 1.95. The van der Waals surface area contributed by atoms with E-state index in [0.717, 1.165) is 30.5 Å². The summed E-state index contributed by atoms with van der Waals surface area (Å²) >= 11 is 2.00. The average Bonchev–Trinajstić information content (AvgIpc) is 2.27. The van der Waals surface area contributed by atoms with Crippen molar-refractivity contribution in [1.82, 2.24) is 9.97 Å². The SMILES string of the molecule is CNc1cc(N2CCSC(C)(C)C2)nc(N)n1. The third-order valence-electron chi connectivity index (χ3n) is 2.74. The summed E-state index contributed by atoms with van der Waals surface area (Å²) in [5.41, 5.74) is 5.72. The molecule has 1 aliphatic rings. The second-order valence-electron chi connectivity index (χ2n) is 4.75. The van der Waals surface area contributed by atoms with Gasteiger partial charge in [-0.1, -0.05) is 0 Å². The quantitative estimate of drug-likeness (QED) is 0.831. The Morgan fingerprint density at radius 1 is 1.47 bits per heavy atom. The fourth-order valence-electron chi connectivity index (χ4n) is 1.95. The Morgan fingerprint density at radius 2 is 2.24 bits per heavy atom. The van der Waals surface area contributed by atoms with Crippen LogP contribution in [-0.2, 0) is 0 Å². The van der Waals surface area contributed by atoms with E-state index in [1.165, 1.54) is 0 Å². The van der Waals surface area contributed by atoms with Gasteiger partial charge in [0.05, 0.1) is 0 Å². The molecule has 1 aromatic heterocycles. The first-order valence-electron chi connectivity index (χ1n) is 5.71. The molecule has 1 aliphatic heterocycles. The van der Waals surface area contributed by atoms with E-state index in [4.69, 9.17) is 5.73 Å². The van der Waals surface area contributed by atoms with Crippen LogP contribution >= 0.6 is 11.8 Å². The van der Waals surface area contributed by atoms with Crippen molar-refractivity contribution in [2.24, 2.45) is 0 Å². The molecule has 2 heterocycles. The van der Waals surface area contributed by atoms with Crippen LogP contribution in [0.2, 0.25) is 0 Å². The lowest BCUT2D eigenvalue weighted by Gasteiger charge is -2.38. The molecule has 2 rings (SSSR count). The lowest BCUT2D eigenvalue weighted by atomic mass is 10.2. The van der Waals surface area contributed by atoms with Crippen LogP contribution in [0.3, 0.4) is 0 Å². The first-order chi connectivity index (χ1) is 8.00. The zero-order valence-electron chi connectivity index (χ0n) is 10.5.